The van der Waals surface area contributed by atoms with E-state index in [1.165, 1.54) is 18.4 Å². The third kappa shape index (κ3) is 2.71. The average molecular weight is 246 g/mol. The van der Waals surface area contributed by atoms with E-state index in [1.54, 1.807) is 0 Å². The van der Waals surface area contributed by atoms with Crippen molar-refractivity contribution in [2.45, 2.75) is 53.4 Å². The molecule has 0 heterocycles. The molecular formula is C17H26O. The van der Waals surface area contributed by atoms with Crippen LogP contribution in [-0.4, -0.2) is 6.61 Å². The Hall–Kier alpha value is -0.980. The number of ether oxygens (including phenoxy) is 1. The van der Waals surface area contributed by atoms with Crippen LogP contribution in [0.5, 0.6) is 5.75 Å². The Morgan fingerprint density at radius 1 is 1.17 bits per heavy atom. The molecule has 0 aliphatic heterocycles. The molecule has 0 atom stereocenters. The number of benzene rings is 1. The molecule has 2 rings (SSSR count). The first-order chi connectivity index (χ1) is 8.34. The molecule has 0 unspecified atom stereocenters. The maximum absolute atomic E-state index is 5.97. The minimum absolute atomic E-state index is 0.268. The summed E-state index contributed by atoms with van der Waals surface area (Å²) in [5, 5.41) is 0. The van der Waals surface area contributed by atoms with Crippen LogP contribution < -0.4 is 4.74 Å². The maximum atomic E-state index is 5.97. The van der Waals surface area contributed by atoms with Crippen molar-refractivity contribution in [3.63, 3.8) is 0 Å². The molecule has 0 spiro atoms. The van der Waals surface area contributed by atoms with Gasteiger partial charge in [0.25, 0.3) is 0 Å². The fourth-order valence-corrected chi connectivity index (χ4v) is 2.25. The highest BCUT2D eigenvalue weighted by Gasteiger charge is 2.50. The summed E-state index contributed by atoms with van der Waals surface area (Å²) in [5.74, 6) is 1.58. The van der Waals surface area contributed by atoms with Crippen LogP contribution >= 0.6 is 0 Å². The normalized spacial score (nSPS) is 17.9. The quantitative estimate of drug-likeness (QED) is 0.709. The molecule has 0 amide bonds. The van der Waals surface area contributed by atoms with Crippen LogP contribution in [0.4, 0.5) is 0 Å². The lowest BCUT2D eigenvalue weighted by molar-refractivity contribution is 0.106. The van der Waals surface area contributed by atoms with Crippen molar-refractivity contribution in [2.75, 3.05) is 6.61 Å². The van der Waals surface area contributed by atoms with Gasteiger partial charge >= 0.3 is 0 Å². The molecule has 0 saturated heterocycles. The van der Waals surface area contributed by atoms with Crippen molar-refractivity contribution < 1.29 is 4.74 Å². The summed E-state index contributed by atoms with van der Waals surface area (Å²) in [6.07, 6.45) is 2.69. The van der Waals surface area contributed by atoms with E-state index < -0.39 is 0 Å². The van der Waals surface area contributed by atoms with Gasteiger partial charge in [0.05, 0.1) is 6.61 Å². The molecule has 1 heteroatoms. The van der Waals surface area contributed by atoms with Gasteiger partial charge in [-0.1, -0.05) is 46.8 Å². The van der Waals surface area contributed by atoms with Gasteiger partial charge in [-0.15, -0.1) is 0 Å². The summed E-state index contributed by atoms with van der Waals surface area (Å²) in [5.41, 5.74) is 2.13. The monoisotopic (exact) mass is 246 g/mol. The van der Waals surface area contributed by atoms with Crippen molar-refractivity contribution in [1.29, 1.82) is 0 Å². The number of hydrogen-bond acceptors (Lipinski definition) is 1. The van der Waals surface area contributed by atoms with Gasteiger partial charge in [-0.2, -0.15) is 0 Å². The summed E-state index contributed by atoms with van der Waals surface area (Å²) in [6.45, 7) is 12.3. The Kier molecular flexibility index (Phi) is 3.44. The van der Waals surface area contributed by atoms with Crippen molar-refractivity contribution >= 4 is 0 Å². The Balaban J connectivity index is 1.94. The zero-order valence-corrected chi connectivity index (χ0v) is 12.4. The molecule has 0 aromatic heterocycles. The van der Waals surface area contributed by atoms with Crippen LogP contribution in [0.25, 0.3) is 0 Å². The first-order valence-corrected chi connectivity index (χ1v) is 7.07. The standard InChI is InChI=1S/C17H26O/c1-13(2)14-6-8-15(9-7-14)18-12-16(3,4)17(5)10-11-17/h6-9,13H,10-12H2,1-5H3. The van der Waals surface area contributed by atoms with Gasteiger partial charge in [0, 0.05) is 5.41 Å². The lowest BCUT2D eigenvalue weighted by atomic mass is 9.78. The molecule has 1 fully saturated rings. The Labute approximate surface area is 112 Å². The Morgan fingerprint density at radius 2 is 1.72 bits per heavy atom. The Bertz CT molecular complexity index is 396. The molecule has 0 bridgehead atoms. The minimum Gasteiger partial charge on any atom is -0.493 e. The number of rotatable bonds is 5. The summed E-state index contributed by atoms with van der Waals surface area (Å²) in [7, 11) is 0. The van der Waals surface area contributed by atoms with Gasteiger partial charge < -0.3 is 4.74 Å². The van der Waals surface area contributed by atoms with Crippen LogP contribution in [-0.2, 0) is 0 Å². The third-order valence-electron chi connectivity index (χ3n) is 4.78. The first-order valence-electron chi connectivity index (χ1n) is 7.07. The van der Waals surface area contributed by atoms with Gasteiger partial charge in [0.1, 0.15) is 5.75 Å². The van der Waals surface area contributed by atoms with Crippen molar-refractivity contribution in [1.82, 2.24) is 0 Å². The zero-order valence-electron chi connectivity index (χ0n) is 12.4. The molecule has 1 nitrogen and oxygen atoms in total. The summed E-state index contributed by atoms with van der Waals surface area (Å²) in [4.78, 5) is 0. The summed E-state index contributed by atoms with van der Waals surface area (Å²) in [6, 6.07) is 8.54. The Morgan fingerprint density at radius 3 is 2.17 bits per heavy atom. The molecule has 1 saturated carbocycles. The minimum atomic E-state index is 0.268. The maximum Gasteiger partial charge on any atom is 0.119 e. The predicted octanol–water partition coefficient (Wildman–Crippen LogP) is 5.02. The van der Waals surface area contributed by atoms with E-state index in [2.05, 4.69) is 58.9 Å². The van der Waals surface area contributed by atoms with Crippen LogP contribution in [0.3, 0.4) is 0 Å². The van der Waals surface area contributed by atoms with E-state index in [0.29, 0.717) is 11.3 Å². The van der Waals surface area contributed by atoms with Gasteiger partial charge in [-0.3, -0.25) is 0 Å². The van der Waals surface area contributed by atoms with Crippen molar-refractivity contribution in [2.24, 2.45) is 10.8 Å². The molecule has 18 heavy (non-hydrogen) atoms. The molecule has 0 radical (unpaired) electrons. The van der Waals surface area contributed by atoms with E-state index in [9.17, 15) is 0 Å². The van der Waals surface area contributed by atoms with Crippen LogP contribution in [0.15, 0.2) is 24.3 Å². The highest BCUT2D eigenvalue weighted by Crippen LogP contribution is 2.58. The highest BCUT2D eigenvalue weighted by molar-refractivity contribution is 5.29. The van der Waals surface area contributed by atoms with Gasteiger partial charge in [-0.25, -0.2) is 0 Å². The molecular weight excluding hydrogens is 220 g/mol. The summed E-state index contributed by atoms with van der Waals surface area (Å²) < 4.78 is 5.97. The SMILES string of the molecule is CC(C)c1ccc(OCC(C)(C)C2(C)CC2)cc1. The second-order valence-corrected chi connectivity index (χ2v) is 6.96. The second-order valence-electron chi connectivity index (χ2n) is 6.96. The second kappa shape index (κ2) is 4.60. The highest BCUT2D eigenvalue weighted by atomic mass is 16.5. The van der Waals surface area contributed by atoms with E-state index in [4.69, 9.17) is 4.74 Å². The van der Waals surface area contributed by atoms with Gasteiger partial charge in [0.15, 0.2) is 0 Å². The van der Waals surface area contributed by atoms with Gasteiger partial charge in [-0.05, 0) is 41.9 Å². The third-order valence-corrected chi connectivity index (χ3v) is 4.78. The predicted molar refractivity (Wildman–Crippen MR) is 77.1 cm³/mol. The molecule has 100 valence electrons. The number of hydrogen-bond donors (Lipinski definition) is 0. The van der Waals surface area contributed by atoms with Crippen molar-refractivity contribution in [3.8, 4) is 5.75 Å². The molecule has 1 aliphatic carbocycles. The lowest BCUT2D eigenvalue weighted by Gasteiger charge is -2.31. The molecule has 1 aromatic carbocycles. The molecule has 1 aliphatic rings. The van der Waals surface area contributed by atoms with Crippen LogP contribution in [0.1, 0.15) is 58.9 Å². The lowest BCUT2D eigenvalue weighted by Crippen LogP contribution is -2.30. The smallest absolute Gasteiger partial charge is 0.119 e. The zero-order chi connectivity index (χ0) is 13.4. The van der Waals surface area contributed by atoms with Crippen molar-refractivity contribution in [3.05, 3.63) is 29.8 Å². The fourth-order valence-electron chi connectivity index (χ4n) is 2.25. The first kappa shape index (κ1) is 13.5. The molecule has 1 aromatic rings. The summed E-state index contributed by atoms with van der Waals surface area (Å²) >= 11 is 0. The topological polar surface area (TPSA) is 9.23 Å². The average Bonchev–Trinajstić information content (AvgIpc) is 3.07. The fraction of sp³-hybridized carbons (Fsp3) is 0.647. The van der Waals surface area contributed by atoms with Gasteiger partial charge in [0.2, 0.25) is 0 Å². The van der Waals surface area contributed by atoms with E-state index >= 15 is 0 Å². The van der Waals surface area contributed by atoms with E-state index in [1.807, 2.05) is 0 Å². The van der Waals surface area contributed by atoms with E-state index in [-0.39, 0.29) is 5.41 Å². The van der Waals surface area contributed by atoms with E-state index in [0.717, 1.165) is 12.4 Å². The largest absolute Gasteiger partial charge is 0.493 e. The molecule has 0 N–H and O–H groups in total. The van der Waals surface area contributed by atoms with Crippen LogP contribution in [0, 0.1) is 10.8 Å². The van der Waals surface area contributed by atoms with Crippen LogP contribution in [0.2, 0.25) is 0 Å².